The molecule has 0 saturated heterocycles. The van der Waals surface area contributed by atoms with E-state index < -0.39 is 10.1 Å². The van der Waals surface area contributed by atoms with Gasteiger partial charge in [0, 0.05) is 17.1 Å². The first kappa shape index (κ1) is 15.7. The van der Waals surface area contributed by atoms with E-state index >= 15 is 0 Å². The number of anilines is 2. The highest BCUT2D eigenvalue weighted by Gasteiger charge is 2.06. The highest BCUT2D eigenvalue weighted by molar-refractivity contribution is 7.85. The third-order valence-corrected chi connectivity index (χ3v) is 2.59. The van der Waals surface area contributed by atoms with Crippen molar-refractivity contribution in [3.63, 3.8) is 0 Å². The second-order valence-electron chi connectivity index (χ2n) is 4.43. The summed E-state index contributed by atoms with van der Waals surface area (Å²) in [5.41, 5.74) is 13.9. The van der Waals surface area contributed by atoms with E-state index in [1.54, 1.807) is 12.4 Å². The fourth-order valence-electron chi connectivity index (χ4n) is 1.74. The van der Waals surface area contributed by atoms with Crippen LogP contribution in [0.1, 0.15) is 0 Å². The molecule has 0 amide bonds. The van der Waals surface area contributed by atoms with Crippen molar-refractivity contribution < 1.29 is 13.0 Å². The Labute approximate surface area is 126 Å². The summed E-state index contributed by atoms with van der Waals surface area (Å²) in [6.45, 7) is 0. The first-order valence-corrected chi connectivity index (χ1v) is 7.83. The van der Waals surface area contributed by atoms with Crippen LogP contribution >= 0.6 is 0 Å². The van der Waals surface area contributed by atoms with Gasteiger partial charge in [-0.25, -0.2) is 4.98 Å². The van der Waals surface area contributed by atoms with Gasteiger partial charge >= 0.3 is 0 Å². The van der Waals surface area contributed by atoms with Crippen LogP contribution in [0.3, 0.4) is 0 Å². The van der Waals surface area contributed by atoms with Gasteiger partial charge in [0.05, 0.1) is 18.0 Å². The molecule has 0 unspecified atom stereocenters. The average Bonchev–Trinajstić information content (AvgIpc) is 2.83. The molecule has 3 aromatic rings. The molecule has 0 fully saturated rings. The minimum Gasteiger partial charge on any atom is -0.383 e. The van der Waals surface area contributed by atoms with Crippen molar-refractivity contribution in [1.29, 1.82) is 0 Å². The zero-order chi connectivity index (χ0) is 16.3. The molecule has 6 N–H and O–H groups in total. The van der Waals surface area contributed by atoms with Crippen LogP contribution in [0.25, 0.3) is 22.0 Å². The zero-order valence-corrected chi connectivity index (χ0v) is 12.4. The number of aromatic amines is 1. The summed E-state index contributed by atoms with van der Waals surface area (Å²) in [6.07, 6.45) is 4.10. The normalized spacial score (nSPS) is 11.0. The molecule has 1 aromatic carbocycles. The smallest absolute Gasteiger partial charge is 0.261 e. The van der Waals surface area contributed by atoms with E-state index in [1.165, 1.54) is 0 Å². The number of aromatic nitrogens is 4. The van der Waals surface area contributed by atoms with E-state index in [1.807, 2.05) is 18.2 Å². The van der Waals surface area contributed by atoms with Crippen LogP contribution in [0.4, 0.5) is 11.8 Å². The topological polar surface area (TPSA) is 161 Å². The van der Waals surface area contributed by atoms with E-state index in [2.05, 4.69) is 20.2 Å². The van der Waals surface area contributed by atoms with Crippen LogP contribution in [0.5, 0.6) is 0 Å². The van der Waals surface area contributed by atoms with Crippen LogP contribution in [0.15, 0.2) is 30.6 Å². The van der Waals surface area contributed by atoms with Gasteiger partial charge in [-0.05, 0) is 11.6 Å². The summed E-state index contributed by atoms with van der Waals surface area (Å²) >= 11 is 0. The maximum atomic E-state index is 9.19. The lowest BCUT2D eigenvalue weighted by Gasteiger charge is -2.04. The van der Waals surface area contributed by atoms with Gasteiger partial charge in [-0.1, -0.05) is 12.1 Å². The maximum absolute atomic E-state index is 9.19. The highest BCUT2D eigenvalue weighted by Crippen LogP contribution is 2.26. The number of nitrogens with one attached hydrogen (secondary N) is 1. The van der Waals surface area contributed by atoms with Crippen molar-refractivity contribution in [2.75, 3.05) is 17.7 Å². The third kappa shape index (κ3) is 4.14. The Bertz CT molecular complexity index is 898. The predicted octanol–water partition coefficient (Wildman–Crippen LogP) is 0.688. The molecule has 2 aromatic heterocycles. The van der Waals surface area contributed by atoms with Crippen molar-refractivity contribution in [1.82, 2.24) is 20.2 Å². The van der Waals surface area contributed by atoms with E-state index in [0.717, 1.165) is 22.0 Å². The van der Waals surface area contributed by atoms with E-state index in [9.17, 15) is 8.42 Å². The monoisotopic (exact) mass is 322 g/mol. The minimum absolute atomic E-state index is 0.175. The Kier molecular flexibility index (Phi) is 4.24. The molecule has 0 aliphatic rings. The minimum atomic E-state index is -3.67. The standard InChI is InChI=1S/C11H10N6.CH4O3S/c12-10-8(5-14-11(13)16-10)6-1-2-7-4-15-17-9(7)3-6;1-5(2,3)4/h1-5H,(H,15,17)(H4,12,13,14,16);1H3,(H,2,3,4). The number of hydrogen-bond donors (Lipinski definition) is 4. The number of nitrogen functional groups attached to an aromatic ring is 2. The Morgan fingerprint density at radius 3 is 2.55 bits per heavy atom. The van der Waals surface area contributed by atoms with Crippen molar-refractivity contribution in [3.05, 3.63) is 30.6 Å². The number of benzene rings is 1. The molecule has 10 heteroatoms. The van der Waals surface area contributed by atoms with Gasteiger partial charge in [-0.3, -0.25) is 9.65 Å². The first-order chi connectivity index (χ1) is 10.2. The largest absolute Gasteiger partial charge is 0.383 e. The molecule has 0 radical (unpaired) electrons. The van der Waals surface area contributed by atoms with Gasteiger partial charge in [0.25, 0.3) is 10.1 Å². The number of rotatable bonds is 1. The zero-order valence-electron chi connectivity index (χ0n) is 11.6. The van der Waals surface area contributed by atoms with Crippen molar-refractivity contribution in [3.8, 4) is 11.1 Å². The summed E-state index contributed by atoms with van der Waals surface area (Å²) in [5.74, 6) is 0.547. The molecule has 0 aliphatic carbocycles. The van der Waals surface area contributed by atoms with Gasteiger partial charge in [-0.2, -0.15) is 18.5 Å². The highest BCUT2D eigenvalue weighted by atomic mass is 32.2. The summed E-state index contributed by atoms with van der Waals surface area (Å²) in [6, 6.07) is 5.86. The molecule has 3 rings (SSSR count). The van der Waals surface area contributed by atoms with Gasteiger partial charge in [0.2, 0.25) is 5.95 Å². The maximum Gasteiger partial charge on any atom is 0.261 e. The fourth-order valence-corrected chi connectivity index (χ4v) is 1.74. The van der Waals surface area contributed by atoms with Gasteiger partial charge in [0.15, 0.2) is 0 Å². The first-order valence-electron chi connectivity index (χ1n) is 5.98. The summed E-state index contributed by atoms with van der Waals surface area (Å²) in [4.78, 5) is 7.88. The molecule has 2 heterocycles. The van der Waals surface area contributed by atoms with Crippen LogP contribution in [-0.4, -0.2) is 39.4 Å². The molecule has 0 atom stereocenters. The van der Waals surface area contributed by atoms with Gasteiger partial charge < -0.3 is 11.5 Å². The lowest BCUT2D eigenvalue weighted by atomic mass is 10.1. The van der Waals surface area contributed by atoms with Gasteiger partial charge in [-0.15, -0.1) is 0 Å². The molecule has 0 aliphatic heterocycles. The molecule has 0 saturated carbocycles. The fraction of sp³-hybridized carbons (Fsp3) is 0.0833. The molecular formula is C12H14N6O3S. The summed E-state index contributed by atoms with van der Waals surface area (Å²) in [7, 11) is -3.67. The van der Waals surface area contributed by atoms with Crippen LogP contribution in [-0.2, 0) is 10.1 Å². The molecule has 116 valence electrons. The Morgan fingerprint density at radius 2 is 1.91 bits per heavy atom. The van der Waals surface area contributed by atoms with Crippen LogP contribution < -0.4 is 11.5 Å². The second kappa shape index (κ2) is 5.95. The van der Waals surface area contributed by atoms with Crippen molar-refractivity contribution >= 4 is 32.8 Å². The van der Waals surface area contributed by atoms with E-state index in [0.29, 0.717) is 12.1 Å². The predicted molar refractivity (Wildman–Crippen MR) is 83.4 cm³/mol. The van der Waals surface area contributed by atoms with Crippen LogP contribution in [0.2, 0.25) is 0 Å². The Balaban J connectivity index is 0.000000309. The molecule has 0 spiro atoms. The number of fused-ring (bicyclic) bond motifs is 1. The van der Waals surface area contributed by atoms with Crippen LogP contribution in [0, 0.1) is 0 Å². The summed E-state index contributed by atoms with van der Waals surface area (Å²) < 4.78 is 25.9. The van der Waals surface area contributed by atoms with E-state index in [4.69, 9.17) is 16.0 Å². The molecule has 22 heavy (non-hydrogen) atoms. The summed E-state index contributed by atoms with van der Waals surface area (Å²) in [5, 5.41) is 7.91. The average molecular weight is 322 g/mol. The SMILES string of the molecule is CS(=O)(=O)O.Nc1ncc(-c2ccc3cn[nH]c3c2)c(N)n1. The third-order valence-electron chi connectivity index (χ3n) is 2.59. The lowest BCUT2D eigenvalue weighted by molar-refractivity contribution is 0.490. The molecule has 9 nitrogen and oxygen atoms in total. The number of H-pyrrole nitrogens is 1. The molecular weight excluding hydrogens is 308 g/mol. The Hall–Kier alpha value is -2.72. The van der Waals surface area contributed by atoms with Gasteiger partial charge in [0.1, 0.15) is 5.82 Å². The lowest BCUT2D eigenvalue weighted by Crippen LogP contribution is -2.00. The molecule has 0 bridgehead atoms. The second-order valence-corrected chi connectivity index (χ2v) is 5.90. The number of nitrogens with two attached hydrogens (primary N) is 2. The van der Waals surface area contributed by atoms with E-state index in [-0.39, 0.29) is 5.95 Å². The number of hydrogen-bond acceptors (Lipinski definition) is 7. The number of nitrogens with zero attached hydrogens (tertiary/aromatic N) is 3. The van der Waals surface area contributed by atoms with Crippen molar-refractivity contribution in [2.45, 2.75) is 0 Å². The quantitative estimate of drug-likeness (QED) is 0.476. The Morgan fingerprint density at radius 1 is 1.23 bits per heavy atom. The van der Waals surface area contributed by atoms with Crippen molar-refractivity contribution in [2.24, 2.45) is 0 Å².